The van der Waals surface area contributed by atoms with Crippen molar-refractivity contribution in [3.05, 3.63) is 65.1 Å². The normalized spacial score (nSPS) is 24.7. The summed E-state index contributed by atoms with van der Waals surface area (Å²) in [7, 11) is 4.20. The second kappa shape index (κ2) is 13.1. The van der Waals surface area contributed by atoms with E-state index in [-0.39, 0.29) is 16.7 Å². The molecule has 2 unspecified atom stereocenters. The van der Waals surface area contributed by atoms with Gasteiger partial charge in [-0.25, -0.2) is 14.8 Å². The summed E-state index contributed by atoms with van der Waals surface area (Å²) in [4.78, 5) is 26.5. The predicted molar refractivity (Wildman–Crippen MR) is 207 cm³/mol. The number of likely N-dealkylation sites (N-methyl/N-ethyl adjacent to an activating group) is 1. The Bertz CT molecular complexity index is 2170. The molecule has 53 heavy (non-hydrogen) atoms. The van der Waals surface area contributed by atoms with E-state index in [0.717, 1.165) is 76.7 Å². The van der Waals surface area contributed by atoms with Gasteiger partial charge in [0, 0.05) is 47.6 Å². The Labute approximate surface area is 313 Å². The summed E-state index contributed by atoms with van der Waals surface area (Å²) in [6.45, 7) is 7.31. The number of thiazole rings is 1. The van der Waals surface area contributed by atoms with E-state index in [1.807, 2.05) is 48.4 Å². The molecule has 4 aromatic heterocycles. The fraction of sp³-hybridized carbons (Fsp3) is 0.500. The van der Waals surface area contributed by atoms with E-state index in [4.69, 9.17) is 19.8 Å². The van der Waals surface area contributed by atoms with Crippen molar-refractivity contribution in [3.8, 4) is 11.1 Å². The number of carboxylic acids is 1. The van der Waals surface area contributed by atoms with Gasteiger partial charge in [-0.2, -0.15) is 5.10 Å². The molecule has 0 spiro atoms. The topological polar surface area (TPSA) is 134 Å². The van der Waals surface area contributed by atoms with Crippen molar-refractivity contribution >= 4 is 50.1 Å². The average Bonchev–Trinajstić information content (AvgIpc) is 3.70. The number of fused-ring (bicyclic) bond motifs is 2. The van der Waals surface area contributed by atoms with Gasteiger partial charge in [-0.05, 0) is 121 Å². The first-order valence-electron chi connectivity index (χ1n) is 18.9. The van der Waals surface area contributed by atoms with Gasteiger partial charge in [0.25, 0.3) is 0 Å². The van der Waals surface area contributed by atoms with Gasteiger partial charge in [-0.3, -0.25) is 4.68 Å². The van der Waals surface area contributed by atoms with E-state index in [2.05, 4.69) is 52.2 Å². The number of para-hydroxylation sites is 1. The van der Waals surface area contributed by atoms with Gasteiger partial charge in [-0.15, -0.1) is 10.2 Å². The highest BCUT2D eigenvalue weighted by Crippen LogP contribution is 2.63. The summed E-state index contributed by atoms with van der Waals surface area (Å²) < 4.78 is 9.95. The van der Waals surface area contributed by atoms with Crippen LogP contribution in [0.15, 0.2) is 42.6 Å². The van der Waals surface area contributed by atoms with Crippen LogP contribution in [0.5, 0.6) is 0 Å². The van der Waals surface area contributed by atoms with Crippen molar-refractivity contribution in [2.75, 3.05) is 44.0 Å². The lowest BCUT2D eigenvalue weighted by Gasteiger charge is -2.61. The number of carbonyl (C=O) groups is 1. The number of nitrogens with zero attached hydrogens (tertiary/aromatic N) is 8. The zero-order valence-electron chi connectivity index (χ0n) is 30.9. The van der Waals surface area contributed by atoms with Gasteiger partial charge < -0.3 is 25.0 Å². The summed E-state index contributed by atoms with van der Waals surface area (Å²) in [5.41, 5.74) is 5.52. The molecule has 4 bridgehead atoms. The Balaban J connectivity index is 0.970. The number of aromatic nitrogens is 6. The molecule has 4 saturated carbocycles. The van der Waals surface area contributed by atoms with Crippen LogP contribution in [0.25, 0.3) is 21.3 Å². The van der Waals surface area contributed by atoms with Crippen LogP contribution >= 0.6 is 11.3 Å². The standard InChI is InChI=1S/C40H47N9O3S/c1-24-28-8-7-13-48(36(28)46-45-35(24)44-38-42-31-9-5-6-10-32(31)53-38)33-12-11-29(34(43-33)37(50)51)30-21-41-49(25(30)2)23-39-17-26-16-27(18-39)20-40(19-26,22-39)52-15-14-47(3)4/h5-6,9-12,21,26-27H,7-8,13-20,22-23H2,1-4H3,(H,50,51)(H,42,44,45). The molecule has 5 heterocycles. The van der Waals surface area contributed by atoms with Crippen LogP contribution in [-0.4, -0.2) is 85.3 Å². The second-order valence-corrected chi connectivity index (χ2v) is 17.3. The number of hydrogen-bond donors (Lipinski definition) is 2. The molecule has 1 aromatic carbocycles. The molecule has 12 nitrogen and oxygen atoms in total. The van der Waals surface area contributed by atoms with Crippen LogP contribution in [0.1, 0.15) is 72.3 Å². The molecular formula is C40H47N9O3S. The lowest BCUT2D eigenvalue weighted by Crippen LogP contribution is -2.58. The van der Waals surface area contributed by atoms with E-state index < -0.39 is 5.97 Å². The van der Waals surface area contributed by atoms with Crippen molar-refractivity contribution in [2.45, 2.75) is 77.4 Å². The number of ether oxygens (including phenoxy) is 1. The molecule has 2 atom stereocenters. The first kappa shape index (κ1) is 34.3. The van der Waals surface area contributed by atoms with Gasteiger partial charge in [0.15, 0.2) is 22.5 Å². The highest BCUT2D eigenvalue weighted by Gasteiger charge is 2.58. The highest BCUT2D eigenvalue weighted by molar-refractivity contribution is 7.22. The third kappa shape index (κ3) is 6.26. The van der Waals surface area contributed by atoms with E-state index >= 15 is 0 Å². The Hall–Kier alpha value is -4.46. The number of anilines is 4. The molecule has 5 aliphatic rings. The summed E-state index contributed by atoms with van der Waals surface area (Å²) >= 11 is 1.58. The number of benzene rings is 1. The van der Waals surface area contributed by atoms with Crippen molar-refractivity contribution in [3.63, 3.8) is 0 Å². The molecule has 276 valence electrons. The smallest absolute Gasteiger partial charge is 0.355 e. The zero-order chi connectivity index (χ0) is 36.5. The minimum atomic E-state index is -1.07. The number of hydrogen-bond acceptors (Lipinski definition) is 11. The van der Waals surface area contributed by atoms with Crippen LogP contribution in [0, 0.1) is 31.1 Å². The largest absolute Gasteiger partial charge is 0.476 e. The Kier molecular flexibility index (Phi) is 8.50. The van der Waals surface area contributed by atoms with Gasteiger partial charge in [0.05, 0.1) is 28.6 Å². The maximum Gasteiger partial charge on any atom is 0.355 e. The van der Waals surface area contributed by atoms with Crippen LogP contribution in [0.4, 0.5) is 22.6 Å². The monoisotopic (exact) mass is 733 g/mol. The molecular weight excluding hydrogens is 687 g/mol. The van der Waals surface area contributed by atoms with Gasteiger partial charge >= 0.3 is 5.97 Å². The minimum absolute atomic E-state index is 0.0131. The second-order valence-electron chi connectivity index (χ2n) is 16.3. The third-order valence-electron chi connectivity index (χ3n) is 12.2. The molecule has 13 heteroatoms. The number of rotatable bonds is 11. The van der Waals surface area contributed by atoms with E-state index in [0.29, 0.717) is 41.4 Å². The molecule has 2 N–H and O–H groups in total. The van der Waals surface area contributed by atoms with Gasteiger partial charge in [-0.1, -0.05) is 23.5 Å². The number of aromatic carboxylic acids is 1. The summed E-state index contributed by atoms with van der Waals surface area (Å²) in [6.07, 6.45) is 10.7. The predicted octanol–water partition coefficient (Wildman–Crippen LogP) is 7.40. The number of carboxylic acid groups (broad SMARTS) is 1. The van der Waals surface area contributed by atoms with Crippen LogP contribution in [0.3, 0.4) is 0 Å². The molecule has 0 saturated heterocycles. The van der Waals surface area contributed by atoms with E-state index in [1.54, 1.807) is 11.3 Å². The molecule has 4 fully saturated rings. The first-order valence-corrected chi connectivity index (χ1v) is 19.7. The van der Waals surface area contributed by atoms with Crippen LogP contribution in [0.2, 0.25) is 0 Å². The molecule has 1 aliphatic heterocycles. The average molecular weight is 734 g/mol. The first-order chi connectivity index (χ1) is 25.6. The molecule has 0 amide bonds. The molecule has 0 radical (unpaired) electrons. The van der Waals surface area contributed by atoms with E-state index in [1.165, 1.54) is 32.1 Å². The minimum Gasteiger partial charge on any atom is -0.476 e. The summed E-state index contributed by atoms with van der Waals surface area (Å²) in [6, 6.07) is 11.8. The van der Waals surface area contributed by atoms with Gasteiger partial charge in [0.2, 0.25) is 0 Å². The summed E-state index contributed by atoms with van der Waals surface area (Å²) in [5, 5.41) is 28.8. The van der Waals surface area contributed by atoms with Gasteiger partial charge in [0.1, 0.15) is 5.82 Å². The summed E-state index contributed by atoms with van der Waals surface area (Å²) in [5.74, 6) is 2.27. The quantitative estimate of drug-likeness (QED) is 0.141. The van der Waals surface area contributed by atoms with Crippen molar-refractivity contribution < 1.29 is 14.6 Å². The number of nitrogens with one attached hydrogen (secondary N) is 1. The number of pyridine rings is 1. The Morgan fingerprint density at radius 2 is 1.87 bits per heavy atom. The Morgan fingerprint density at radius 3 is 2.64 bits per heavy atom. The SMILES string of the molecule is Cc1c(Nc2nc3ccccc3s2)nnc2c1CCCN2c1ccc(-c2cnn(CC34CC5CC(C3)CC(OCCN(C)C)(C5)C4)c2C)c(C(=O)O)n1. The van der Waals surface area contributed by atoms with Crippen molar-refractivity contribution in [2.24, 2.45) is 17.3 Å². The molecule has 4 aliphatic carbocycles. The zero-order valence-corrected chi connectivity index (χ0v) is 31.7. The lowest BCUT2D eigenvalue weighted by atomic mass is 9.48. The maximum absolute atomic E-state index is 12.8. The third-order valence-corrected chi connectivity index (χ3v) is 13.2. The van der Waals surface area contributed by atoms with Crippen LogP contribution < -0.4 is 10.2 Å². The highest BCUT2D eigenvalue weighted by atomic mass is 32.1. The van der Waals surface area contributed by atoms with Crippen LogP contribution in [-0.2, 0) is 17.7 Å². The van der Waals surface area contributed by atoms with E-state index in [9.17, 15) is 9.90 Å². The lowest BCUT2D eigenvalue weighted by molar-refractivity contribution is -0.197. The fourth-order valence-corrected chi connectivity index (χ4v) is 11.1. The molecule has 5 aromatic rings. The maximum atomic E-state index is 12.8. The molecule has 10 rings (SSSR count). The van der Waals surface area contributed by atoms with Crippen molar-refractivity contribution in [1.82, 2.24) is 34.8 Å². The Morgan fingerprint density at radius 1 is 1.06 bits per heavy atom. The fourth-order valence-electron chi connectivity index (χ4n) is 10.3. The van der Waals surface area contributed by atoms with Crippen molar-refractivity contribution in [1.29, 1.82) is 0 Å².